The Morgan fingerprint density at radius 2 is 1.77 bits per heavy atom. The van der Waals surface area contributed by atoms with Crippen LogP contribution in [-0.2, 0) is 10.2 Å². The lowest BCUT2D eigenvalue weighted by Crippen LogP contribution is -2.30. The minimum atomic E-state index is -0.325. The molecule has 1 amide bonds. The largest absolute Gasteiger partial charge is 0.352 e. The zero-order valence-corrected chi connectivity index (χ0v) is 12.3. The van der Waals surface area contributed by atoms with Gasteiger partial charge in [-0.1, -0.05) is 48.5 Å². The van der Waals surface area contributed by atoms with Crippen molar-refractivity contribution in [1.82, 2.24) is 5.32 Å². The molecule has 112 valence electrons. The third-order valence-corrected chi connectivity index (χ3v) is 4.16. The standard InChI is InChI=1S/C19H18FNO/c20-17-9-5-4-6-15(17)10-11-18(22)21-14-19(12-13-19)16-7-2-1-3-8-16/h1-11H,12-14H2,(H,21,22)/b11-10+. The van der Waals surface area contributed by atoms with Gasteiger partial charge >= 0.3 is 0 Å². The molecular weight excluding hydrogens is 277 g/mol. The van der Waals surface area contributed by atoms with Crippen LogP contribution in [-0.4, -0.2) is 12.5 Å². The molecule has 1 fully saturated rings. The Hall–Kier alpha value is -2.42. The fourth-order valence-corrected chi connectivity index (χ4v) is 2.60. The van der Waals surface area contributed by atoms with Gasteiger partial charge in [0.05, 0.1) is 0 Å². The normalized spacial score (nSPS) is 15.7. The molecule has 0 bridgehead atoms. The van der Waals surface area contributed by atoms with E-state index in [0.29, 0.717) is 12.1 Å². The Balaban J connectivity index is 1.58. The molecule has 3 rings (SSSR count). The van der Waals surface area contributed by atoms with Crippen LogP contribution in [0.4, 0.5) is 4.39 Å². The van der Waals surface area contributed by atoms with Crippen molar-refractivity contribution >= 4 is 12.0 Å². The average molecular weight is 295 g/mol. The van der Waals surface area contributed by atoms with E-state index in [2.05, 4.69) is 17.4 Å². The summed E-state index contributed by atoms with van der Waals surface area (Å²) in [6, 6.07) is 16.7. The maximum atomic E-state index is 13.5. The SMILES string of the molecule is O=C(/C=C/c1ccccc1F)NCC1(c2ccccc2)CC1. The summed E-state index contributed by atoms with van der Waals surface area (Å²) in [6.45, 7) is 0.622. The third kappa shape index (κ3) is 3.25. The second-order valence-corrected chi connectivity index (χ2v) is 5.72. The van der Waals surface area contributed by atoms with Gasteiger partial charge in [-0.15, -0.1) is 0 Å². The molecule has 0 unspecified atom stereocenters. The van der Waals surface area contributed by atoms with Crippen LogP contribution in [0.25, 0.3) is 6.08 Å². The van der Waals surface area contributed by atoms with E-state index in [1.165, 1.54) is 23.8 Å². The molecule has 3 heteroatoms. The van der Waals surface area contributed by atoms with Crippen molar-refractivity contribution < 1.29 is 9.18 Å². The molecule has 0 aromatic heterocycles. The second kappa shape index (κ2) is 6.14. The van der Waals surface area contributed by atoms with E-state index in [1.54, 1.807) is 18.2 Å². The van der Waals surface area contributed by atoms with E-state index in [1.807, 2.05) is 18.2 Å². The summed E-state index contributed by atoms with van der Waals surface area (Å²) in [5.74, 6) is -0.514. The Morgan fingerprint density at radius 3 is 2.45 bits per heavy atom. The van der Waals surface area contributed by atoms with E-state index in [4.69, 9.17) is 0 Å². The number of benzene rings is 2. The average Bonchev–Trinajstić information content (AvgIpc) is 3.34. The number of rotatable bonds is 5. The molecule has 0 spiro atoms. The van der Waals surface area contributed by atoms with E-state index >= 15 is 0 Å². The smallest absolute Gasteiger partial charge is 0.244 e. The highest BCUT2D eigenvalue weighted by molar-refractivity contribution is 5.91. The number of hydrogen-bond donors (Lipinski definition) is 1. The maximum absolute atomic E-state index is 13.5. The summed E-state index contributed by atoms with van der Waals surface area (Å²) in [5, 5.41) is 2.93. The number of amides is 1. The van der Waals surface area contributed by atoms with Gasteiger partial charge in [-0.25, -0.2) is 4.39 Å². The van der Waals surface area contributed by atoms with E-state index in [-0.39, 0.29) is 17.1 Å². The molecule has 0 atom stereocenters. The Morgan fingerprint density at radius 1 is 1.09 bits per heavy atom. The molecule has 2 aromatic rings. The van der Waals surface area contributed by atoms with Crippen LogP contribution < -0.4 is 5.32 Å². The monoisotopic (exact) mass is 295 g/mol. The Kier molecular flexibility index (Phi) is 4.05. The van der Waals surface area contributed by atoms with Crippen LogP contribution in [0, 0.1) is 5.82 Å². The molecule has 0 aliphatic heterocycles. The molecule has 2 nitrogen and oxygen atoms in total. The molecule has 1 aliphatic rings. The van der Waals surface area contributed by atoms with Crippen LogP contribution in [0.5, 0.6) is 0 Å². The molecule has 0 saturated heterocycles. The third-order valence-electron chi connectivity index (χ3n) is 4.16. The summed E-state index contributed by atoms with van der Waals surface area (Å²) >= 11 is 0. The van der Waals surface area contributed by atoms with Crippen molar-refractivity contribution in [1.29, 1.82) is 0 Å². The number of hydrogen-bond acceptors (Lipinski definition) is 1. The predicted molar refractivity (Wildman–Crippen MR) is 85.8 cm³/mol. The lowest BCUT2D eigenvalue weighted by Gasteiger charge is -2.15. The van der Waals surface area contributed by atoms with E-state index < -0.39 is 0 Å². The van der Waals surface area contributed by atoms with Crippen molar-refractivity contribution in [2.45, 2.75) is 18.3 Å². The number of halogens is 1. The van der Waals surface area contributed by atoms with Crippen LogP contribution in [0.15, 0.2) is 60.7 Å². The zero-order chi connectivity index (χ0) is 15.4. The highest BCUT2D eigenvalue weighted by Gasteiger charge is 2.43. The fraction of sp³-hybridized carbons (Fsp3) is 0.211. The van der Waals surface area contributed by atoms with E-state index in [0.717, 1.165) is 12.8 Å². The van der Waals surface area contributed by atoms with Crippen molar-refractivity contribution in [2.24, 2.45) is 0 Å². The molecular formula is C19H18FNO. The molecule has 1 N–H and O–H groups in total. The van der Waals surface area contributed by atoms with Gasteiger partial charge in [-0.05, 0) is 30.5 Å². The first kappa shape index (κ1) is 14.5. The van der Waals surface area contributed by atoms with Gasteiger partial charge in [-0.2, -0.15) is 0 Å². The summed E-state index contributed by atoms with van der Waals surface area (Å²) in [7, 11) is 0. The molecule has 2 aromatic carbocycles. The molecule has 1 aliphatic carbocycles. The summed E-state index contributed by atoms with van der Waals surface area (Å²) in [6.07, 6.45) is 5.08. The van der Waals surface area contributed by atoms with Gasteiger partial charge in [0.15, 0.2) is 0 Å². The highest BCUT2D eigenvalue weighted by Crippen LogP contribution is 2.47. The lowest BCUT2D eigenvalue weighted by molar-refractivity contribution is -0.116. The first-order valence-electron chi connectivity index (χ1n) is 7.46. The summed E-state index contributed by atoms with van der Waals surface area (Å²) < 4.78 is 13.5. The Labute approximate surface area is 129 Å². The van der Waals surface area contributed by atoms with Gasteiger partial charge in [0.1, 0.15) is 5.82 Å². The number of carbonyl (C=O) groups excluding carboxylic acids is 1. The maximum Gasteiger partial charge on any atom is 0.244 e. The van der Waals surface area contributed by atoms with Gasteiger partial charge in [-0.3, -0.25) is 4.79 Å². The molecule has 0 radical (unpaired) electrons. The molecule has 1 saturated carbocycles. The second-order valence-electron chi connectivity index (χ2n) is 5.72. The van der Waals surface area contributed by atoms with Crippen LogP contribution in [0.3, 0.4) is 0 Å². The minimum Gasteiger partial charge on any atom is -0.352 e. The fourth-order valence-electron chi connectivity index (χ4n) is 2.60. The van der Waals surface area contributed by atoms with Gasteiger partial charge < -0.3 is 5.32 Å². The summed E-state index contributed by atoms with van der Waals surface area (Å²) in [4.78, 5) is 11.9. The zero-order valence-electron chi connectivity index (χ0n) is 12.3. The quantitative estimate of drug-likeness (QED) is 0.838. The van der Waals surface area contributed by atoms with Crippen molar-refractivity contribution in [3.63, 3.8) is 0 Å². The van der Waals surface area contributed by atoms with Crippen LogP contribution in [0.2, 0.25) is 0 Å². The predicted octanol–water partition coefficient (Wildman–Crippen LogP) is 3.69. The van der Waals surface area contributed by atoms with E-state index in [9.17, 15) is 9.18 Å². The Bertz CT molecular complexity index is 690. The lowest BCUT2D eigenvalue weighted by atomic mass is 9.96. The van der Waals surface area contributed by atoms with Crippen molar-refractivity contribution in [3.05, 3.63) is 77.6 Å². The number of carbonyl (C=O) groups is 1. The summed E-state index contributed by atoms with van der Waals surface area (Å²) in [5.41, 5.74) is 1.78. The number of nitrogens with one attached hydrogen (secondary N) is 1. The minimum absolute atomic E-state index is 0.0861. The van der Waals surface area contributed by atoms with Crippen molar-refractivity contribution in [3.8, 4) is 0 Å². The van der Waals surface area contributed by atoms with Crippen LogP contribution in [0.1, 0.15) is 24.0 Å². The molecule has 0 heterocycles. The molecule has 22 heavy (non-hydrogen) atoms. The highest BCUT2D eigenvalue weighted by atomic mass is 19.1. The van der Waals surface area contributed by atoms with Gasteiger partial charge in [0, 0.05) is 23.6 Å². The van der Waals surface area contributed by atoms with Gasteiger partial charge in [0.25, 0.3) is 0 Å². The van der Waals surface area contributed by atoms with Crippen LogP contribution >= 0.6 is 0 Å². The van der Waals surface area contributed by atoms with Gasteiger partial charge in [0.2, 0.25) is 5.91 Å². The first-order valence-corrected chi connectivity index (χ1v) is 7.46. The topological polar surface area (TPSA) is 29.1 Å². The van der Waals surface area contributed by atoms with Crippen molar-refractivity contribution in [2.75, 3.05) is 6.54 Å². The first-order chi connectivity index (χ1) is 10.7.